The first-order valence-corrected chi connectivity index (χ1v) is 10.5. The molecule has 0 aliphatic carbocycles. The van der Waals surface area contributed by atoms with Crippen LogP contribution in [-0.4, -0.2) is 64.1 Å². The van der Waals surface area contributed by atoms with Crippen LogP contribution in [0.3, 0.4) is 0 Å². The number of nitrogens with zero attached hydrogens (tertiary/aromatic N) is 2. The minimum Gasteiger partial charge on any atom is -0.492 e. The van der Waals surface area contributed by atoms with Gasteiger partial charge in [0.1, 0.15) is 12.4 Å². The van der Waals surface area contributed by atoms with E-state index < -0.39 is 10.0 Å². The van der Waals surface area contributed by atoms with Gasteiger partial charge >= 0.3 is 0 Å². The normalized spacial score (nSPS) is 15.8. The Morgan fingerprint density at radius 2 is 1.81 bits per heavy atom. The minimum absolute atomic E-state index is 0.343. The highest BCUT2D eigenvalue weighted by Crippen LogP contribution is 2.19. The van der Waals surface area contributed by atoms with Crippen LogP contribution in [0, 0.1) is 0 Å². The molecule has 6 nitrogen and oxygen atoms in total. The summed E-state index contributed by atoms with van der Waals surface area (Å²) < 4.78 is 38.0. The summed E-state index contributed by atoms with van der Waals surface area (Å²) in [6.07, 6.45) is 0. The van der Waals surface area contributed by atoms with Gasteiger partial charge < -0.3 is 9.47 Å². The Hall–Kier alpha value is -1.93. The third-order valence-corrected chi connectivity index (χ3v) is 6.34. The quantitative estimate of drug-likeness (QED) is 0.692. The number of ether oxygens (including phenoxy) is 2. The molecule has 0 radical (unpaired) electrons. The predicted molar refractivity (Wildman–Crippen MR) is 104 cm³/mol. The number of para-hydroxylation sites is 1. The van der Waals surface area contributed by atoms with Crippen molar-refractivity contribution in [1.82, 2.24) is 9.21 Å². The van der Waals surface area contributed by atoms with E-state index in [-0.39, 0.29) is 0 Å². The molecule has 1 saturated heterocycles. The van der Waals surface area contributed by atoms with Crippen LogP contribution in [0.25, 0.3) is 0 Å². The average molecular weight is 391 g/mol. The van der Waals surface area contributed by atoms with Crippen LogP contribution in [0.4, 0.5) is 0 Å². The van der Waals surface area contributed by atoms with Crippen LogP contribution < -0.4 is 4.74 Å². The van der Waals surface area contributed by atoms with Crippen molar-refractivity contribution in [1.29, 1.82) is 0 Å². The van der Waals surface area contributed by atoms with Crippen molar-refractivity contribution in [3.05, 3.63) is 60.2 Å². The Morgan fingerprint density at radius 1 is 1.07 bits per heavy atom. The second-order valence-electron chi connectivity index (χ2n) is 6.56. The highest BCUT2D eigenvalue weighted by molar-refractivity contribution is 7.89. The zero-order chi connectivity index (χ0) is 19.1. The van der Waals surface area contributed by atoms with Gasteiger partial charge in [0.15, 0.2) is 0 Å². The molecule has 1 heterocycles. The standard InChI is InChI=1S/C20H26N2O4S/c1-21(10-15-26-19-7-3-2-4-8-19)17-18-6-5-9-20(16-18)27(23,24)22-11-13-25-14-12-22/h2-9,16H,10-15,17H2,1H3. The Morgan fingerprint density at radius 3 is 2.56 bits per heavy atom. The van der Waals surface area contributed by atoms with Crippen molar-refractivity contribution >= 4 is 10.0 Å². The first kappa shape index (κ1) is 19.8. The van der Waals surface area contributed by atoms with Crippen molar-refractivity contribution in [3.63, 3.8) is 0 Å². The molecule has 0 unspecified atom stereocenters. The van der Waals surface area contributed by atoms with E-state index in [0.717, 1.165) is 17.9 Å². The summed E-state index contributed by atoms with van der Waals surface area (Å²) in [5, 5.41) is 0. The SMILES string of the molecule is CN(CCOc1ccccc1)Cc1cccc(S(=O)(=O)N2CCOCC2)c1. The summed E-state index contributed by atoms with van der Waals surface area (Å²) in [6, 6.07) is 16.9. The Kier molecular flexibility index (Phi) is 6.84. The molecule has 1 aliphatic heterocycles. The summed E-state index contributed by atoms with van der Waals surface area (Å²) in [6.45, 7) is 3.69. The van der Waals surface area contributed by atoms with Crippen molar-refractivity contribution in [2.75, 3.05) is 46.5 Å². The number of rotatable bonds is 8. The number of likely N-dealkylation sites (N-methyl/N-ethyl adjacent to an activating group) is 1. The van der Waals surface area contributed by atoms with Gasteiger partial charge in [0.2, 0.25) is 10.0 Å². The fourth-order valence-corrected chi connectivity index (χ4v) is 4.45. The second kappa shape index (κ2) is 9.32. The van der Waals surface area contributed by atoms with Gasteiger partial charge in [-0.1, -0.05) is 30.3 Å². The van der Waals surface area contributed by atoms with E-state index in [2.05, 4.69) is 4.90 Å². The van der Waals surface area contributed by atoms with Crippen LogP contribution in [0.15, 0.2) is 59.5 Å². The van der Waals surface area contributed by atoms with Gasteiger partial charge in [0.25, 0.3) is 0 Å². The summed E-state index contributed by atoms with van der Waals surface area (Å²) in [4.78, 5) is 2.46. The lowest BCUT2D eigenvalue weighted by Crippen LogP contribution is -2.40. The second-order valence-corrected chi connectivity index (χ2v) is 8.50. The van der Waals surface area contributed by atoms with Crippen LogP contribution in [0.1, 0.15) is 5.56 Å². The number of benzene rings is 2. The molecule has 0 atom stereocenters. The first-order chi connectivity index (χ1) is 13.1. The molecule has 0 amide bonds. The molecule has 0 N–H and O–H groups in total. The van der Waals surface area contributed by atoms with Crippen molar-refractivity contribution in [3.8, 4) is 5.75 Å². The summed E-state index contributed by atoms with van der Waals surface area (Å²) in [7, 11) is -1.47. The van der Waals surface area contributed by atoms with Crippen molar-refractivity contribution in [2.24, 2.45) is 0 Å². The molecule has 7 heteroatoms. The monoisotopic (exact) mass is 390 g/mol. The number of morpholine rings is 1. The van der Waals surface area contributed by atoms with E-state index in [4.69, 9.17) is 9.47 Å². The third kappa shape index (κ3) is 5.52. The topological polar surface area (TPSA) is 59.1 Å². The summed E-state index contributed by atoms with van der Waals surface area (Å²) >= 11 is 0. The molecule has 0 spiro atoms. The Balaban J connectivity index is 1.56. The largest absolute Gasteiger partial charge is 0.492 e. The number of hydrogen-bond donors (Lipinski definition) is 0. The molecule has 1 aliphatic rings. The summed E-state index contributed by atoms with van der Waals surface area (Å²) in [5.74, 6) is 0.851. The molecule has 2 aromatic rings. The first-order valence-electron chi connectivity index (χ1n) is 9.09. The Bertz CT molecular complexity index is 821. The molecule has 1 fully saturated rings. The third-order valence-electron chi connectivity index (χ3n) is 4.44. The molecular formula is C20H26N2O4S. The van der Waals surface area contributed by atoms with Gasteiger partial charge in [-0.2, -0.15) is 4.31 Å². The maximum Gasteiger partial charge on any atom is 0.243 e. The number of hydrogen-bond acceptors (Lipinski definition) is 5. The van der Waals surface area contributed by atoms with Crippen LogP contribution in [-0.2, 0) is 21.3 Å². The molecule has 2 aromatic carbocycles. The molecule has 0 bridgehead atoms. The van der Waals surface area contributed by atoms with Gasteiger partial charge in [-0.05, 0) is 36.9 Å². The zero-order valence-electron chi connectivity index (χ0n) is 15.6. The van der Waals surface area contributed by atoms with E-state index in [0.29, 0.717) is 44.4 Å². The highest BCUT2D eigenvalue weighted by Gasteiger charge is 2.26. The molecular weight excluding hydrogens is 364 g/mol. The lowest BCUT2D eigenvalue weighted by atomic mass is 10.2. The fraction of sp³-hybridized carbons (Fsp3) is 0.400. The molecule has 27 heavy (non-hydrogen) atoms. The summed E-state index contributed by atoms with van der Waals surface area (Å²) in [5.41, 5.74) is 0.964. The minimum atomic E-state index is -3.46. The Labute approximate surface area is 161 Å². The van der Waals surface area contributed by atoms with E-state index >= 15 is 0 Å². The van der Waals surface area contributed by atoms with Crippen LogP contribution in [0.5, 0.6) is 5.75 Å². The lowest BCUT2D eigenvalue weighted by Gasteiger charge is -2.26. The van der Waals surface area contributed by atoms with E-state index in [1.54, 1.807) is 18.2 Å². The maximum absolute atomic E-state index is 12.8. The van der Waals surface area contributed by atoms with Crippen molar-refractivity contribution < 1.29 is 17.9 Å². The molecule has 3 rings (SSSR count). The smallest absolute Gasteiger partial charge is 0.243 e. The van der Waals surface area contributed by atoms with Gasteiger partial charge in [0, 0.05) is 26.2 Å². The molecule has 0 aromatic heterocycles. The molecule has 0 saturated carbocycles. The zero-order valence-corrected chi connectivity index (χ0v) is 16.4. The lowest BCUT2D eigenvalue weighted by molar-refractivity contribution is 0.0730. The average Bonchev–Trinajstić information content (AvgIpc) is 2.70. The van der Waals surface area contributed by atoms with Gasteiger partial charge in [-0.25, -0.2) is 8.42 Å². The van der Waals surface area contributed by atoms with E-state index in [1.807, 2.05) is 43.4 Å². The van der Waals surface area contributed by atoms with Gasteiger partial charge in [-0.3, -0.25) is 4.90 Å². The van der Waals surface area contributed by atoms with Crippen molar-refractivity contribution in [2.45, 2.75) is 11.4 Å². The van der Waals surface area contributed by atoms with E-state index in [1.165, 1.54) is 4.31 Å². The highest BCUT2D eigenvalue weighted by atomic mass is 32.2. The fourth-order valence-electron chi connectivity index (χ4n) is 2.97. The van der Waals surface area contributed by atoms with Gasteiger partial charge in [0.05, 0.1) is 18.1 Å². The maximum atomic E-state index is 12.8. The van der Waals surface area contributed by atoms with Crippen LogP contribution >= 0.6 is 0 Å². The van der Waals surface area contributed by atoms with Crippen LogP contribution in [0.2, 0.25) is 0 Å². The number of sulfonamides is 1. The molecule has 146 valence electrons. The van der Waals surface area contributed by atoms with E-state index in [9.17, 15) is 8.42 Å². The van der Waals surface area contributed by atoms with Gasteiger partial charge in [-0.15, -0.1) is 0 Å². The predicted octanol–water partition coefficient (Wildman–Crippen LogP) is 2.22.